The van der Waals surface area contributed by atoms with Gasteiger partial charge < -0.3 is 5.32 Å². The summed E-state index contributed by atoms with van der Waals surface area (Å²) >= 11 is 0. The quantitative estimate of drug-likeness (QED) is 0.886. The number of aromatic amines is 1. The fourth-order valence-electron chi connectivity index (χ4n) is 3.23. The van der Waals surface area contributed by atoms with E-state index in [0.717, 1.165) is 19.4 Å². The van der Waals surface area contributed by atoms with Crippen molar-refractivity contribution in [1.82, 2.24) is 15.1 Å². The lowest BCUT2D eigenvalue weighted by atomic mass is 9.97. The third kappa shape index (κ3) is 3.81. The molecule has 6 nitrogen and oxygen atoms in total. The zero-order valence-corrected chi connectivity index (χ0v) is 13.5. The molecule has 1 aromatic carbocycles. The number of nitriles is 1. The van der Waals surface area contributed by atoms with Crippen LogP contribution in [0.3, 0.4) is 0 Å². The van der Waals surface area contributed by atoms with Crippen LogP contribution < -0.4 is 5.32 Å². The number of hydrogen-bond acceptors (Lipinski definition) is 4. The van der Waals surface area contributed by atoms with Crippen LogP contribution in [0.1, 0.15) is 42.9 Å². The van der Waals surface area contributed by atoms with E-state index in [-0.39, 0.29) is 5.91 Å². The van der Waals surface area contributed by atoms with Gasteiger partial charge in [-0.25, -0.2) is 0 Å². The Kier molecular flexibility index (Phi) is 5.24. The number of likely N-dealkylation sites (tertiary alicyclic amines) is 1. The number of amides is 1. The molecule has 24 heavy (non-hydrogen) atoms. The third-order valence-electron chi connectivity index (χ3n) is 4.47. The van der Waals surface area contributed by atoms with Gasteiger partial charge in [0.05, 0.1) is 17.4 Å². The van der Waals surface area contributed by atoms with E-state index in [1.807, 2.05) is 18.5 Å². The van der Waals surface area contributed by atoms with Gasteiger partial charge in [-0.1, -0.05) is 18.6 Å². The number of H-pyrrole nitrogens is 1. The first-order chi connectivity index (χ1) is 11.8. The molecule has 124 valence electrons. The minimum absolute atomic E-state index is 0.0609. The van der Waals surface area contributed by atoms with Crippen LogP contribution in [0.4, 0.5) is 5.69 Å². The first-order valence-corrected chi connectivity index (χ1v) is 8.29. The fourth-order valence-corrected chi connectivity index (χ4v) is 3.23. The van der Waals surface area contributed by atoms with Crippen molar-refractivity contribution in [2.45, 2.75) is 31.7 Å². The number of benzene rings is 1. The Labute approximate surface area is 141 Å². The van der Waals surface area contributed by atoms with Gasteiger partial charge in [-0.3, -0.25) is 14.8 Å². The zero-order valence-electron chi connectivity index (χ0n) is 13.5. The second-order valence-electron chi connectivity index (χ2n) is 6.03. The van der Waals surface area contributed by atoms with Crippen LogP contribution >= 0.6 is 0 Å². The summed E-state index contributed by atoms with van der Waals surface area (Å²) in [5.74, 6) is -0.0609. The van der Waals surface area contributed by atoms with Crippen LogP contribution in [0.15, 0.2) is 36.7 Å². The summed E-state index contributed by atoms with van der Waals surface area (Å²) in [5.41, 5.74) is 2.25. The molecule has 1 aromatic heterocycles. The molecule has 2 N–H and O–H groups in total. The summed E-state index contributed by atoms with van der Waals surface area (Å²) in [6.07, 6.45) is 7.67. The minimum Gasteiger partial charge on any atom is -0.325 e. The van der Waals surface area contributed by atoms with Gasteiger partial charge in [0.1, 0.15) is 6.07 Å². The normalized spacial score (nSPS) is 18.0. The molecule has 1 amide bonds. The average Bonchev–Trinajstić information content (AvgIpc) is 3.15. The predicted octanol–water partition coefficient (Wildman–Crippen LogP) is 2.84. The van der Waals surface area contributed by atoms with E-state index in [0.29, 0.717) is 30.3 Å². The Balaban J connectivity index is 1.58. The Morgan fingerprint density at radius 1 is 1.42 bits per heavy atom. The third-order valence-corrected chi connectivity index (χ3v) is 4.47. The number of hydrogen-bond donors (Lipinski definition) is 2. The average molecular weight is 323 g/mol. The molecule has 1 atom stereocenters. The molecule has 2 aromatic rings. The minimum atomic E-state index is -0.0609. The molecule has 0 spiro atoms. The maximum atomic E-state index is 12.3. The number of carbonyl (C=O) groups is 1. The largest absolute Gasteiger partial charge is 0.325 e. The second kappa shape index (κ2) is 7.75. The van der Waals surface area contributed by atoms with Crippen molar-refractivity contribution < 1.29 is 4.79 Å². The molecule has 1 aliphatic heterocycles. The highest BCUT2D eigenvalue weighted by Crippen LogP contribution is 2.30. The molecular formula is C18H21N5O. The maximum absolute atomic E-state index is 12.3. The van der Waals surface area contributed by atoms with E-state index >= 15 is 0 Å². The molecule has 0 aliphatic carbocycles. The van der Waals surface area contributed by atoms with Crippen LogP contribution in [0.25, 0.3) is 0 Å². The van der Waals surface area contributed by atoms with E-state index in [4.69, 9.17) is 5.26 Å². The highest BCUT2D eigenvalue weighted by Gasteiger charge is 2.24. The van der Waals surface area contributed by atoms with Crippen molar-refractivity contribution in [3.05, 3.63) is 47.8 Å². The number of rotatable bonds is 5. The smallest absolute Gasteiger partial charge is 0.225 e. The topological polar surface area (TPSA) is 84.8 Å². The van der Waals surface area contributed by atoms with E-state index < -0.39 is 0 Å². The number of anilines is 1. The fraction of sp³-hybridized carbons (Fsp3) is 0.389. The van der Waals surface area contributed by atoms with Crippen LogP contribution in [-0.4, -0.2) is 34.1 Å². The lowest BCUT2D eigenvalue weighted by molar-refractivity contribution is -0.116. The molecule has 3 rings (SSSR count). The van der Waals surface area contributed by atoms with Crippen molar-refractivity contribution in [3.63, 3.8) is 0 Å². The molecular weight excluding hydrogens is 302 g/mol. The Bertz CT molecular complexity index is 719. The predicted molar refractivity (Wildman–Crippen MR) is 91.2 cm³/mol. The first-order valence-electron chi connectivity index (χ1n) is 8.29. The van der Waals surface area contributed by atoms with Crippen LogP contribution in [0, 0.1) is 11.3 Å². The van der Waals surface area contributed by atoms with Gasteiger partial charge in [0, 0.05) is 30.8 Å². The number of aromatic nitrogens is 2. The van der Waals surface area contributed by atoms with Crippen LogP contribution in [0.2, 0.25) is 0 Å². The highest BCUT2D eigenvalue weighted by atomic mass is 16.1. The van der Waals surface area contributed by atoms with Gasteiger partial charge in [0.2, 0.25) is 5.91 Å². The molecule has 0 unspecified atom stereocenters. The number of piperidine rings is 1. The number of carbonyl (C=O) groups excluding carboxylic acids is 1. The van der Waals surface area contributed by atoms with E-state index in [2.05, 4.69) is 26.5 Å². The summed E-state index contributed by atoms with van der Waals surface area (Å²) in [6.45, 7) is 1.70. The molecule has 0 radical (unpaired) electrons. The van der Waals surface area contributed by atoms with E-state index in [1.165, 1.54) is 12.0 Å². The summed E-state index contributed by atoms with van der Waals surface area (Å²) in [6, 6.07) is 9.49. The standard InChI is InChI=1S/C18H21N5O/c19-11-14-5-1-2-6-16(14)22-18(24)8-10-23-9-4-3-7-17(23)15-12-20-21-13-15/h1-2,5-6,12-13,17H,3-4,7-10H2,(H,20,21)(H,22,24)/t17-/m0/s1. The number of para-hydroxylation sites is 1. The molecule has 2 heterocycles. The molecule has 0 bridgehead atoms. The highest BCUT2D eigenvalue weighted by molar-refractivity contribution is 5.92. The van der Waals surface area contributed by atoms with Crippen molar-refractivity contribution in [2.24, 2.45) is 0 Å². The summed E-state index contributed by atoms with van der Waals surface area (Å²) in [5, 5.41) is 18.8. The SMILES string of the molecule is N#Cc1ccccc1NC(=O)CCN1CCCC[C@H]1c1cn[nH]c1. The zero-order chi connectivity index (χ0) is 16.8. The Hall–Kier alpha value is -2.65. The van der Waals surface area contributed by atoms with Gasteiger partial charge in [0.25, 0.3) is 0 Å². The van der Waals surface area contributed by atoms with Crippen LogP contribution in [0.5, 0.6) is 0 Å². The number of nitrogens with one attached hydrogen (secondary N) is 2. The number of nitrogens with zero attached hydrogens (tertiary/aromatic N) is 3. The molecule has 1 aliphatic rings. The lowest BCUT2D eigenvalue weighted by Gasteiger charge is -2.35. The molecule has 0 saturated carbocycles. The van der Waals surface area contributed by atoms with Gasteiger partial charge in [-0.15, -0.1) is 0 Å². The van der Waals surface area contributed by atoms with E-state index in [9.17, 15) is 4.79 Å². The summed E-state index contributed by atoms with van der Waals surface area (Å²) in [7, 11) is 0. The Morgan fingerprint density at radius 2 is 2.29 bits per heavy atom. The molecule has 1 fully saturated rings. The van der Waals surface area contributed by atoms with Crippen molar-refractivity contribution in [3.8, 4) is 6.07 Å². The van der Waals surface area contributed by atoms with Crippen molar-refractivity contribution >= 4 is 11.6 Å². The van der Waals surface area contributed by atoms with Crippen molar-refractivity contribution in [1.29, 1.82) is 5.26 Å². The maximum Gasteiger partial charge on any atom is 0.225 e. The first kappa shape index (κ1) is 16.2. The van der Waals surface area contributed by atoms with Crippen molar-refractivity contribution in [2.75, 3.05) is 18.4 Å². The van der Waals surface area contributed by atoms with E-state index in [1.54, 1.807) is 18.2 Å². The van der Waals surface area contributed by atoms with Crippen LogP contribution in [-0.2, 0) is 4.79 Å². The molecule has 1 saturated heterocycles. The second-order valence-corrected chi connectivity index (χ2v) is 6.03. The van der Waals surface area contributed by atoms with Gasteiger partial charge in [-0.2, -0.15) is 10.4 Å². The monoisotopic (exact) mass is 323 g/mol. The molecule has 6 heteroatoms. The van der Waals surface area contributed by atoms with Gasteiger partial charge in [-0.05, 0) is 31.5 Å². The van der Waals surface area contributed by atoms with Gasteiger partial charge >= 0.3 is 0 Å². The summed E-state index contributed by atoms with van der Waals surface area (Å²) in [4.78, 5) is 14.6. The van der Waals surface area contributed by atoms with Gasteiger partial charge in [0.15, 0.2) is 0 Å². The summed E-state index contributed by atoms with van der Waals surface area (Å²) < 4.78 is 0. The lowest BCUT2D eigenvalue weighted by Crippen LogP contribution is -2.35. The Morgan fingerprint density at radius 3 is 3.08 bits per heavy atom.